The number of benzene rings is 1. The molecule has 0 aliphatic rings. The Bertz CT molecular complexity index is 534. The van der Waals surface area contributed by atoms with Crippen LogP contribution in [0.5, 0.6) is 0 Å². The van der Waals surface area contributed by atoms with Gasteiger partial charge < -0.3 is 4.90 Å². The molecule has 21 heavy (non-hydrogen) atoms. The van der Waals surface area contributed by atoms with Crippen molar-refractivity contribution >= 4 is 15.9 Å². The van der Waals surface area contributed by atoms with Crippen LogP contribution in [0.15, 0.2) is 35.2 Å². The second-order valence-corrected chi connectivity index (χ2v) is 6.42. The first-order valence-electron chi connectivity index (χ1n) is 6.62. The van der Waals surface area contributed by atoms with E-state index in [-0.39, 0.29) is 11.3 Å². The Balaban J connectivity index is 2.28. The number of nitrogens with zero attached hydrogens (tertiary/aromatic N) is 1. The first-order valence-corrected chi connectivity index (χ1v) is 8.10. The molecule has 0 bridgehead atoms. The molecule has 0 aliphatic heterocycles. The van der Waals surface area contributed by atoms with E-state index in [1.165, 1.54) is 0 Å². The van der Waals surface area contributed by atoms with Gasteiger partial charge in [-0.15, -0.1) is 0 Å². The van der Waals surface area contributed by atoms with Crippen LogP contribution in [0.3, 0.4) is 0 Å². The van der Waals surface area contributed by atoms with Gasteiger partial charge in [-0.05, 0) is 32.1 Å². The van der Waals surface area contributed by atoms with Crippen molar-refractivity contribution in [3.05, 3.63) is 30.3 Å². The van der Waals surface area contributed by atoms with Crippen molar-refractivity contribution in [2.75, 3.05) is 26.7 Å². The molecular weight excluding hydrogens is 294 g/mol. The van der Waals surface area contributed by atoms with Crippen molar-refractivity contribution in [2.24, 2.45) is 0 Å². The van der Waals surface area contributed by atoms with Gasteiger partial charge in [0.25, 0.3) is 0 Å². The summed E-state index contributed by atoms with van der Waals surface area (Å²) in [7, 11) is -1.63. The summed E-state index contributed by atoms with van der Waals surface area (Å²) in [5.41, 5.74) is 1.57. The fraction of sp³-hybridized carbons (Fsp3) is 0.462. The average Bonchev–Trinajstić information content (AvgIpc) is 2.47. The molecule has 7 nitrogen and oxygen atoms in total. The van der Waals surface area contributed by atoms with Crippen LogP contribution in [0, 0.1) is 0 Å². The number of likely N-dealkylation sites (N-methyl/N-ethyl adjacent to an activating group) is 1. The van der Waals surface area contributed by atoms with E-state index in [1.54, 1.807) is 35.8 Å². The smallest absolute Gasteiger partial charge is 0.243 e. The van der Waals surface area contributed by atoms with Gasteiger partial charge in [0.2, 0.25) is 15.9 Å². The minimum atomic E-state index is -3.47. The number of carbonyl (C=O) groups is 1. The first kappa shape index (κ1) is 17.6. The van der Waals surface area contributed by atoms with E-state index in [9.17, 15) is 13.2 Å². The van der Waals surface area contributed by atoms with Crippen LogP contribution in [-0.4, -0.2) is 51.1 Å². The zero-order chi connectivity index (χ0) is 15.7. The Labute approximate surface area is 125 Å². The lowest BCUT2D eigenvalue weighted by atomic mass is 10.3. The monoisotopic (exact) mass is 315 g/mol. The fourth-order valence-corrected chi connectivity index (χ4v) is 2.77. The zero-order valence-corrected chi connectivity index (χ0v) is 12.8. The van der Waals surface area contributed by atoms with Gasteiger partial charge in [-0.3, -0.25) is 10.0 Å². The summed E-state index contributed by atoms with van der Waals surface area (Å²) >= 11 is 0. The topological polar surface area (TPSA) is 98.7 Å². The molecule has 0 atom stereocenters. The molecule has 0 heterocycles. The maximum atomic E-state index is 11.9. The van der Waals surface area contributed by atoms with Gasteiger partial charge >= 0.3 is 0 Å². The Hall–Kier alpha value is -1.48. The molecule has 1 aromatic rings. The molecule has 1 amide bonds. The number of carbonyl (C=O) groups excluding carboxylic acids is 1. The van der Waals surface area contributed by atoms with Crippen LogP contribution >= 0.6 is 0 Å². The average molecular weight is 315 g/mol. The molecular formula is C13H21N3O4S. The normalized spacial score (nSPS) is 11.6. The number of hydrogen-bond acceptors (Lipinski definition) is 5. The highest BCUT2D eigenvalue weighted by molar-refractivity contribution is 7.89. The Morgan fingerprint density at radius 1 is 1.24 bits per heavy atom. The number of nitrogens with one attached hydrogen (secondary N) is 2. The second kappa shape index (κ2) is 8.73. The summed E-state index contributed by atoms with van der Waals surface area (Å²) in [6.07, 6.45) is 0.824. The lowest BCUT2D eigenvalue weighted by molar-refractivity contribution is -0.129. The summed E-state index contributed by atoms with van der Waals surface area (Å²) in [4.78, 5) is 13.0. The summed E-state index contributed by atoms with van der Waals surface area (Å²) in [5, 5.41) is 8.35. The van der Waals surface area contributed by atoms with Gasteiger partial charge in [-0.1, -0.05) is 18.2 Å². The Morgan fingerprint density at radius 2 is 1.90 bits per heavy atom. The number of amides is 1. The van der Waals surface area contributed by atoms with Crippen LogP contribution in [0.1, 0.15) is 12.8 Å². The fourth-order valence-electron chi connectivity index (χ4n) is 1.73. The summed E-state index contributed by atoms with van der Waals surface area (Å²) < 4.78 is 26.4. The Morgan fingerprint density at radius 3 is 2.52 bits per heavy atom. The first-order chi connectivity index (χ1) is 9.95. The van der Waals surface area contributed by atoms with Gasteiger partial charge in [0.05, 0.1) is 4.90 Å². The van der Waals surface area contributed by atoms with E-state index in [0.717, 1.165) is 0 Å². The van der Waals surface area contributed by atoms with Gasteiger partial charge in [-0.2, -0.15) is 0 Å². The van der Waals surface area contributed by atoms with Crippen molar-refractivity contribution < 1.29 is 18.4 Å². The third-order valence-corrected chi connectivity index (χ3v) is 4.38. The predicted octanol–water partition coefficient (Wildman–Crippen LogP) is 0.182. The molecule has 0 saturated carbocycles. The number of hydroxylamine groups is 1. The Kier molecular flexibility index (Phi) is 7.30. The lowest BCUT2D eigenvalue weighted by Gasteiger charge is -2.16. The maximum absolute atomic E-state index is 11.9. The summed E-state index contributed by atoms with van der Waals surface area (Å²) in [5.74, 6) is -0.423. The predicted molar refractivity (Wildman–Crippen MR) is 78.3 cm³/mol. The SMILES string of the molecule is CN(CCCC(=O)NO)CCNS(=O)(=O)c1ccccc1. The van der Waals surface area contributed by atoms with Crippen molar-refractivity contribution in [1.82, 2.24) is 15.1 Å². The number of rotatable bonds is 9. The molecule has 3 N–H and O–H groups in total. The minimum absolute atomic E-state index is 0.233. The van der Waals surface area contributed by atoms with Gasteiger partial charge in [-0.25, -0.2) is 18.6 Å². The second-order valence-electron chi connectivity index (χ2n) is 4.65. The molecule has 1 rings (SSSR count). The van der Waals surface area contributed by atoms with E-state index >= 15 is 0 Å². The molecule has 0 aliphatic carbocycles. The van der Waals surface area contributed by atoms with Crippen LogP contribution in [0.25, 0.3) is 0 Å². The quantitative estimate of drug-likeness (QED) is 0.446. The largest absolute Gasteiger partial charge is 0.305 e. The zero-order valence-electron chi connectivity index (χ0n) is 11.9. The number of sulfonamides is 1. The molecule has 0 radical (unpaired) electrons. The van der Waals surface area contributed by atoms with E-state index in [1.807, 2.05) is 11.9 Å². The van der Waals surface area contributed by atoms with Crippen LogP contribution in [-0.2, 0) is 14.8 Å². The number of hydrogen-bond donors (Lipinski definition) is 3. The highest BCUT2D eigenvalue weighted by atomic mass is 32.2. The van der Waals surface area contributed by atoms with Crippen molar-refractivity contribution in [2.45, 2.75) is 17.7 Å². The maximum Gasteiger partial charge on any atom is 0.243 e. The molecule has 8 heteroatoms. The van der Waals surface area contributed by atoms with E-state index < -0.39 is 15.9 Å². The minimum Gasteiger partial charge on any atom is -0.305 e. The van der Waals surface area contributed by atoms with Gasteiger partial charge in [0.1, 0.15) is 0 Å². The van der Waals surface area contributed by atoms with Crippen molar-refractivity contribution in [3.8, 4) is 0 Å². The molecule has 0 saturated heterocycles. The molecule has 118 valence electrons. The molecule has 0 fully saturated rings. The van der Waals surface area contributed by atoms with Crippen LogP contribution < -0.4 is 10.2 Å². The van der Waals surface area contributed by atoms with Gasteiger partial charge in [0, 0.05) is 19.5 Å². The molecule has 0 spiro atoms. The third kappa shape index (κ3) is 6.67. The molecule has 1 aromatic carbocycles. The van der Waals surface area contributed by atoms with Crippen LogP contribution in [0.4, 0.5) is 0 Å². The van der Waals surface area contributed by atoms with Crippen molar-refractivity contribution in [1.29, 1.82) is 0 Å². The highest BCUT2D eigenvalue weighted by Crippen LogP contribution is 2.06. The van der Waals surface area contributed by atoms with Gasteiger partial charge in [0.15, 0.2) is 0 Å². The molecule has 0 aromatic heterocycles. The van der Waals surface area contributed by atoms with E-state index in [4.69, 9.17) is 5.21 Å². The standard InChI is InChI=1S/C13H21N3O4S/c1-16(10-5-8-13(17)15-18)11-9-14-21(19,20)12-6-3-2-4-7-12/h2-4,6-7,14,18H,5,8-11H2,1H3,(H,15,17). The third-order valence-electron chi connectivity index (χ3n) is 2.91. The lowest BCUT2D eigenvalue weighted by Crippen LogP contribution is -2.33. The van der Waals surface area contributed by atoms with Crippen LogP contribution in [0.2, 0.25) is 0 Å². The van der Waals surface area contributed by atoms with Crippen molar-refractivity contribution in [3.63, 3.8) is 0 Å². The molecule has 0 unspecified atom stereocenters. The van der Waals surface area contributed by atoms with E-state index in [0.29, 0.717) is 26.1 Å². The summed E-state index contributed by atoms with van der Waals surface area (Å²) in [6.45, 7) is 1.47. The highest BCUT2D eigenvalue weighted by Gasteiger charge is 2.12. The van der Waals surface area contributed by atoms with E-state index in [2.05, 4.69) is 4.72 Å². The summed E-state index contributed by atoms with van der Waals surface area (Å²) in [6, 6.07) is 8.19.